The number of hydrogen-bond acceptors (Lipinski definition) is 3. The fourth-order valence-corrected chi connectivity index (χ4v) is 2.60. The Balaban J connectivity index is 1.63. The van der Waals surface area contributed by atoms with Crippen LogP contribution >= 0.6 is 0 Å². The molecule has 1 fully saturated rings. The van der Waals surface area contributed by atoms with Gasteiger partial charge in [0.2, 0.25) is 5.91 Å². The van der Waals surface area contributed by atoms with E-state index >= 15 is 0 Å². The van der Waals surface area contributed by atoms with Crippen molar-refractivity contribution in [3.63, 3.8) is 0 Å². The molecule has 1 aliphatic rings. The van der Waals surface area contributed by atoms with Gasteiger partial charge in [0, 0.05) is 18.7 Å². The maximum Gasteiger partial charge on any atom is 0.248 e. The zero-order valence-electron chi connectivity index (χ0n) is 11.9. The molecular formula is C16H24N2O2. The van der Waals surface area contributed by atoms with E-state index in [0.29, 0.717) is 11.7 Å². The lowest BCUT2D eigenvalue weighted by Gasteiger charge is -2.22. The Hall–Kier alpha value is -1.39. The van der Waals surface area contributed by atoms with Gasteiger partial charge in [0.25, 0.3) is 0 Å². The van der Waals surface area contributed by atoms with Crippen molar-refractivity contribution in [2.45, 2.75) is 44.8 Å². The summed E-state index contributed by atoms with van der Waals surface area (Å²) >= 11 is 0. The quantitative estimate of drug-likeness (QED) is 0.751. The van der Waals surface area contributed by atoms with Crippen molar-refractivity contribution in [3.05, 3.63) is 35.4 Å². The first-order valence-corrected chi connectivity index (χ1v) is 7.47. The van der Waals surface area contributed by atoms with E-state index < -0.39 is 0 Å². The lowest BCUT2D eigenvalue weighted by Crippen LogP contribution is -2.24. The molecule has 1 aliphatic carbocycles. The van der Waals surface area contributed by atoms with Gasteiger partial charge in [-0.2, -0.15) is 0 Å². The standard InChI is InChI=1S/C16H24N2O2/c17-16(19)14-6-4-5-13(11-14)12-18-9-10-20-15-7-2-1-3-8-15/h4-6,11,15,18H,1-3,7-10,12H2,(H2,17,19). The summed E-state index contributed by atoms with van der Waals surface area (Å²) in [4.78, 5) is 11.1. The normalized spacial score (nSPS) is 16.2. The van der Waals surface area contributed by atoms with Gasteiger partial charge in [0.1, 0.15) is 0 Å². The monoisotopic (exact) mass is 276 g/mol. The molecule has 0 aromatic heterocycles. The van der Waals surface area contributed by atoms with E-state index in [1.165, 1.54) is 32.1 Å². The van der Waals surface area contributed by atoms with E-state index in [-0.39, 0.29) is 5.91 Å². The Labute approximate surface area is 120 Å². The van der Waals surface area contributed by atoms with Crippen LogP contribution in [0.2, 0.25) is 0 Å². The molecular weight excluding hydrogens is 252 g/mol. The number of primary amides is 1. The highest BCUT2D eigenvalue weighted by Gasteiger charge is 2.12. The van der Waals surface area contributed by atoms with Crippen LogP contribution in [0.4, 0.5) is 0 Å². The SMILES string of the molecule is NC(=O)c1cccc(CNCCOC2CCCCC2)c1. The molecule has 1 amide bonds. The minimum atomic E-state index is -0.382. The van der Waals surface area contributed by atoms with Crippen LogP contribution in [0, 0.1) is 0 Å². The van der Waals surface area contributed by atoms with Crippen LogP contribution in [-0.2, 0) is 11.3 Å². The first-order valence-electron chi connectivity index (χ1n) is 7.47. The lowest BCUT2D eigenvalue weighted by molar-refractivity contribution is 0.0302. The van der Waals surface area contributed by atoms with Crippen LogP contribution in [0.25, 0.3) is 0 Å². The van der Waals surface area contributed by atoms with Gasteiger partial charge in [-0.05, 0) is 30.5 Å². The summed E-state index contributed by atoms with van der Waals surface area (Å²) in [6.07, 6.45) is 6.84. The predicted octanol–water partition coefficient (Wildman–Crippen LogP) is 2.22. The zero-order chi connectivity index (χ0) is 14.2. The van der Waals surface area contributed by atoms with Crippen molar-refractivity contribution in [1.82, 2.24) is 5.32 Å². The van der Waals surface area contributed by atoms with Crippen LogP contribution in [0.1, 0.15) is 48.0 Å². The number of carbonyl (C=O) groups is 1. The number of nitrogens with two attached hydrogens (primary N) is 1. The van der Waals surface area contributed by atoms with Crippen LogP contribution in [0.15, 0.2) is 24.3 Å². The molecule has 1 saturated carbocycles. The second-order valence-electron chi connectivity index (χ2n) is 5.37. The smallest absolute Gasteiger partial charge is 0.248 e. The molecule has 0 bridgehead atoms. The molecule has 0 heterocycles. The fraction of sp³-hybridized carbons (Fsp3) is 0.562. The summed E-state index contributed by atoms with van der Waals surface area (Å²) in [6, 6.07) is 7.41. The third-order valence-corrected chi connectivity index (χ3v) is 3.73. The summed E-state index contributed by atoms with van der Waals surface area (Å²) in [5, 5.41) is 3.33. The third kappa shape index (κ3) is 4.94. The maximum atomic E-state index is 11.1. The van der Waals surface area contributed by atoms with E-state index in [4.69, 9.17) is 10.5 Å². The molecule has 0 aliphatic heterocycles. The second kappa shape index (κ2) is 8.02. The topological polar surface area (TPSA) is 64.4 Å². The van der Waals surface area contributed by atoms with Gasteiger partial charge in [-0.1, -0.05) is 31.4 Å². The Morgan fingerprint density at radius 2 is 2.10 bits per heavy atom. The van der Waals surface area contributed by atoms with Crippen molar-refractivity contribution in [2.75, 3.05) is 13.2 Å². The van der Waals surface area contributed by atoms with Gasteiger partial charge in [0.05, 0.1) is 12.7 Å². The average Bonchev–Trinajstić information content (AvgIpc) is 2.48. The Morgan fingerprint density at radius 3 is 2.85 bits per heavy atom. The average molecular weight is 276 g/mol. The van der Waals surface area contributed by atoms with Gasteiger partial charge in [-0.25, -0.2) is 0 Å². The van der Waals surface area contributed by atoms with E-state index in [0.717, 1.165) is 25.3 Å². The van der Waals surface area contributed by atoms with Gasteiger partial charge in [0.15, 0.2) is 0 Å². The number of hydrogen-bond donors (Lipinski definition) is 2. The maximum absolute atomic E-state index is 11.1. The summed E-state index contributed by atoms with van der Waals surface area (Å²) < 4.78 is 5.85. The third-order valence-electron chi connectivity index (χ3n) is 3.73. The summed E-state index contributed by atoms with van der Waals surface area (Å²) in [7, 11) is 0. The van der Waals surface area contributed by atoms with Crippen LogP contribution in [0.3, 0.4) is 0 Å². The Kier molecular flexibility index (Phi) is 6.02. The first kappa shape index (κ1) is 15.0. The van der Waals surface area contributed by atoms with Crippen molar-refractivity contribution in [1.29, 1.82) is 0 Å². The number of nitrogens with one attached hydrogen (secondary N) is 1. The first-order chi connectivity index (χ1) is 9.75. The van der Waals surface area contributed by atoms with Gasteiger partial charge < -0.3 is 15.8 Å². The summed E-state index contributed by atoms with van der Waals surface area (Å²) in [5.41, 5.74) is 6.89. The van der Waals surface area contributed by atoms with Gasteiger partial charge in [-0.3, -0.25) is 4.79 Å². The van der Waals surface area contributed by atoms with Crippen LogP contribution in [-0.4, -0.2) is 25.2 Å². The Morgan fingerprint density at radius 1 is 1.30 bits per heavy atom. The highest BCUT2D eigenvalue weighted by Crippen LogP contribution is 2.19. The molecule has 0 spiro atoms. The molecule has 4 heteroatoms. The van der Waals surface area contributed by atoms with Crippen molar-refractivity contribution >= 4 is 5.91 Å². The fourth-order valence-electron chi connectivity index (χ4n) is 2.60. The molecule has 1 aromatic rings. The van der Waals surface area contributed by atoms with E-state index in [2.05, 4.69) is 5.32 Å². The lowest BCUT2D eigenvalue weighted by atomic mass is 9.98. The number of carbonyl (C=O) groups excluding carboxylic acids is 1. The van der Waals surface area contributed by atoms with Crippen molar-refractivity contribution < 1.29 is 9.53 Å². The second-order valence-corrected chi connectivity index (χ2v) is 5.37. The van der Waals surface area contributed by atoms with E-state index in [1.807, 2.05) is 18.2 Å². The predicted molar refractivity (Wildman–Crippen MR) is 79.5 cm³/mol. The number of benzene rings is 1. The summed E-state index contributed by atoms with van der Waals surface area (Å²) in [6.45, 7) is 2.31. The molecule has 110 valence electrons. The van der Waals surface area contributed by atoms with Gasteiger partial charge in [-0.15, -0.1) is 0 Å². The Bertz CT molecular complexity index is 428. The molecule has 0 atom stereocenters. The van der Waals surface area contributed by atoms with Crippen LogP contribution < -0.4 is 11.1 Å². The molecule has 20 heavy (non-hydrogen) atoms. The molecule has 4 nitrogen and oxygen atoms in total. The minimum Gasteiger partial charge on any atom is -0.377 e. The summed E-state index contributed by atoms with van der Waals surface area (Å²) in [5.74, 6) is -0.382. The number of ether oxygens (including phenoxy) is 1. The largest absolute Gasteiger partial charge is 0.377 e. The van der Waals surface area contributed by atoms with E-state index in [1.54, 1.807) is 6.07 Å². The van der Waals surface area contributed by atoms with Crippen molar-refractivity contribution in [2.24, 2.45) is 5.73 Å². The van der Waals surface area contributed by atoms with Gasteiger partial charge >= 0.3 is 0 Å². The number of amides is 1. The molecule has 0 saturated heterocycles. The number of rotatable bonds is 7. The zero-order valence-corrected chi connectivity index (χ0v) is 11.9. The molecule has 0 unspecified atom stereocenters. The minimum absolute atomic E-state index is 0.382. The highest BCUT2D eigenvalue weighted by atomic mass is 16.5. The van der Waals surface area contributed by atoms with Crippen molar-refractivity contribution in [3.8, 4) is 0 Å². The highest BCUT2D eigenvalue weighted by molar-refractivity contribution is 5.92. The van der Waals surface area contributed by atoms with E-state index in [9.17, 15) is 4.79 Å². The molecule has 2 rings (SSSR count). The molecule has 0 radical (unpaired) electrons. The molecule has 1 aromatic carbocycles. The molecule has 3 N–H and O–H groups in total. The van der Waals surface area contributed by atoms with Crippen LogP contribution in [0.5, 0.6) is 0 Å².